The van der Waals surface area contributed by atoms with Crippen LogP contribution >= 0.6 is 0 Å². The maximum absolute atomic E-state index is 9.19. The van der Waals surface area contributed by atoms with Crippen molar-refractivity contribution < 1.29 is 52.0 Å². The molecule has 2 aromatic carbocycles. The van der Waals surface area contributed by atoms with Gasteiger partial charge >= 0.3 is 0 Å². The molecule has 0 atom stereocenters. The Balaban J connectivity index is 0.00000133. The number of methoxy groups -OCH3 is 2. The first-order valence-electron chi connectivity index (χ1n) is 9.59. The number of nitrogens with zero attached hydrogens (tertiary/aromatic N) is 1. The minimum Gasteiger partial charge on any atom is -0.537 e. The Morgan fingerprint density at radius 1 is 1.15 bits per heavy atom. The Kier molecular flexibility index (Phi) is 13.5. The SMILES string of the molecule is COCCOc1[c-]c2c(cc1)OCCC2=Nc1cc(C)c(OC)c(C)c1.CS(=O)(=O)O.[CH3-].[Ir]. The number of aliphatic imine (C=N–C) groups is 1. The number of hydrogen-bond acceptors (Lipinski definition) is 7. The number of hydrogen-bond donors (Lipinski definition) is 1. The average molecular weight is 658 g/mol. The van der Waals surface area contributed by atoms with Gasteiger partial charge in [0.1, 0.15) is 12.4 Å². The average Bonchev–Trinajstić information content (AvgIpc) is 2.67. The molecule has 0 saturated heterocycles. The molecule has 0 fully saturated rings. The van der Waals surface area contributed by atoms with Crippen molar-refractivity contribution in [2.24, 2.45) is 4.99 Å². The van der Waals surface area contributed by atoms with E-state index in [1.807, 2.05) is 38.1 Å². The molecule has 0 aliphatic carbocycles. The predicted octanol–water partition coefficient (Wildman–Crippen LogP) is 3.99. The smallest absolute Gasteiger partial charge is 0.261 e. The second-order valence-electron chi connectivity index (χ2n) is 6.91. The number of ether oxygens (including phenoxy) is 4. The molecule has 2 aromatic rings. The molecule has 1 heterocycles. The molecule has 33 heavy (non-hydrogen) atoms. The molecular formula is C23H31IrNO7S-2. The molecule has 1 N–H and O–H groups in total. The summed E-state index contributed by atoms with van der Waals surface area (Å²) in [6.07, 6.45) is 1.45. The van der Waals surface area contributed by atoms with Gasteiger partial charge in [-0.25, -0.2) is 0 Å². The van der Waals surface area contributed by atoms with E-state index in [1.54, 1.807) is 14.2 Å². The van der Waals surface area contributed by atoms with Crippen molar-refractivity contribution in [1.82, 2.24) is 0 Å². The first-order valence-corrected chi connectivity index (χ1v) is 11.4. The van der Waals surface area contributed by atoms with Crippen LogP contribution in [0, 0.1) is 27.3 Å². The summed E-state index contributed by atoms with van der Waals surface area (Å²) in [5.41, 5.74) is 4.85. The van der Waals surface area contributed by atoms with Crippen LogP contribution in [0.3, 0.4) is 0 Å². The second-order valence-corrected chi connectivity index (χ2v) is 8.37. The van der Waals surface area contributed by atoms with E-state index in [4.69, 9.17) is 28.5 Å². The van der Waals surface area contributed by atoms with Gasteiger partial charge in [0.25, 0.3) is 10.1 Å². The third kappa shape index (κ3) is 10.2. The summed E-state index contributed by atoms with van der Waals surface area (Å²) in [7, 11) is -0.326. The molecular weight excluding hydrogens is 627 g/mol. The molecule has 1 radical (unpaired) electrons. The van der Waals surface area contributed by atoms with Crippen molar-refractivity contribution in [3.05, 3.63) is 54.4 Å². The van der Waals surface area contributed by atoms with E-state index in [9.17, 15) is 8.42 Å². The Labute approximate surface area is 210 Å². The van der Waals surface area contributed by atoms with Gasteiger partial charge in [0, 0.05) is 38.7 Å². The van der Waals surface area contributed by atoms with Gasteiger partial charge in [-0.3, -0.25) is 4.55 Å². The standard InChI is InChI=1S/C21H24NO4.CH4O3S.CH3.Ir/c1-14-11-16(12-15(2)21(14)24-4)22-19-7-8-26-20-6-5-17(13-18(19)20)25-10-9-23-3;1-5(2,3)4;;/h5-6,11-12H,7-10H2,1-4H3;1H3,(H,2,3,4);1H3;/q-1;;-1;. The van der Waals surface area contributed by atoms with Crippen molar-refractivity contribution in [1.29, 1.82) is 0 Å². The zero-order valence-corrected chi connectivity index (χ0v) is 22.9. The summed E-state index contributed by atoms with van der Waals surface area (Å²) in [5, 5.41) is 0. The Bertz CT molecular complexity index is 1010. The van der Waals surface area contributed by atoms with Crippen LogP contribution in [0.4, 0.5) is 5.69 Å². The van der Waals surface area contributed by atoms with Crippen LogP contribution in [0.25, 0.3) is 0 Å². The molecule has 3 rings (SSSR count). The molecule has 0 amide bonds. The first kappa shape index (κ1) is 31.0. The van der Waals surface area contributed by atoms with Crippen LogP contribution in [0.5, 0.6) is 17.2 Å². The Hall–Kier alpha value is -1.97. The van der Waals surface area contributed by atoms with Crippen LogP contribution in [0.15, 0.2) is 29.3 Å². The maximum atomic E-state index is 9.19. The van der Waals surface area contributed by atoms with Crippen LogP contribution in [-0.2, 0) is 35.0 Å². The van der Waals surface area contributed by atoms with E-state index >= 15 is 0 Å². The van der Waals surface area contributed by atoms with E-state index in [-0.39, 0.29) is 27.5 Å². The number of aryl methyl sites for hydroxylation is 2. The van der Waals surface area contributed by atoms with E-state index in [0.29, 0.717) is 31.8 Å². The van der Waals surface area contributed by atoms with E-state index in [2.05, 4.69) is 6.07 Å². The third-order valence-electron chi connectivity index (χ3n) is 4.22. The fourth-order valence-electron chi connectivity index (χ4n) is 3.08. The molecule has 0 bridgehead atoms. The predicted molar refractivity (Wildman–Crippen MR) is 125 cm³/mol. The molecule has 8 nitrogen and oxygen atoms in total. The quantitative estimate of drug-likeness (QED) is 0.285. The normalized spacial score (nSPS) is 13.3. The monoisotopic (exact) mass is 658 g/mol. The zero-order chi connectivity index (χ0) is 23.0. The van der Waals surface area contributed by atoms with Crippen LogP contribution in [0.2, 0.25) is 0 Å². The summed E-state index contributed by atoms with van der Waals surface area (Å²) >= 11 is 0. The largest absolute Gasteiger partial charge is 0.537 e. The summed E-state index contributed by atoms with van der Waals surface area (Å²) < 4.78 is 47.7. The summed E-state index contributed by atoms with van der Waals surface area (Å²) in [6.45, 7) is 5.68. The second kappa shape index (κ2) is 14.3. The number of benzene rings is 2. The molecule has 10 heteroatoms. The van der Waals surface area contributed by atoms with Gasteiger partial charge in [-0.2, -0.15) is 8.42 Å². The fourth-order valence-corrected chi connectivity index (χ4v) is 3.08. The Morgan fingerprint density at radius 3 is 2.30 bits per heavy atom. The number of fused-ring (bicyclic) bond motifs is 1. The maximum Gasteiger partial charge on any atom is 0.261 e. The van der Waals surface area contributed by atoms with Gasteiger partial charge in [0.15, 0.2) is 0 Å². The molecule has 0 spiro atoms. The molecule has 0 unspecified atom stereocenters. The van der Waals surface area contributed by atoms with E-state index < -0.39 is 10.1 Å². The fraction of sp³-hybridized carbons (Fsp3) is 0.391. The van der Waals surface area contributed by atoms with Crippen molar-refractivity contribution in [2.45, 2.75) is 20.3 Å². The van der Waals surface area contributed by atoms with Gasteiger partial charge in [-0.1, -0.05) is 17.7 Å². The minimum atomic E-state index is -3.67. The van der Waals surface area contributed by atoms with E-state index in [1.165, 1.54) is 0 Å². The summed E-state index contributed by atoms with van der Waals surface area (Å²) in [4.78, 5) is 4.86. The van der Waals surface area contributed by atoms with Crippen LogP contribution < -0.4 is 14.2 Å². The molecule has 1 aliphatic heterocycles. The first-order chi connectivity index (χ1) is 14.6. The number of rotatable bonds is 6. The van der Waals surface area contributed by atoms with Crippen molar-refractivity contribution in [3.8, 4) is 17.2 Å². The molecule has 1 aliphatic rings. The van der Waals surface area contributed by atoms with Crippen molar-refractivity contribution in [3.63, 3.8) is 0 Å². The van der Waals surface area contributed by atoms with E-state index in [0.717, 1.165) is 46.0 Å². The minimum absolute atomic E-state index is 0. The molecule has 0 aromatic heterocycles. The van der Waals surface area contributed by atoms with Gasteiger partial charge in [0.05, 0.1) is 32.3 Å². The zero-order valence-electron chi connectivity index (χ0n) is 19.7. The summed E-state index contributed by atoms with van der Waals surface area (Å²) in [5.74, 6) is 2.36. The summed E-state index contributed by atoms with van der Waals surface area (Å²) in [6, 6.07) is 11.1. The van der Waals surface area contributed by atoms with Gasteiger partial charge in [-0.05, 0) is 49.2 Å². The third-order valence-corrected chi connectivity index (χ3v) is 4.22. The van der Waals surface area contributed by atoms with Gasteiger partial charge < -0.3 is 31.4 Å². The van der Waals surface area contributed by atoms with Crippen molar-refractivity contribution in [2.75, 3.05) is 40.3 Å². The molecule has 187 valence electrons. The van der Waals surface area contributed by atoms with Crippen molar-refractivity contribution >= 4 is 21.5 Å². The van der Waals surface area contributed by atoms with Gasteiger partial charge in [0.2, 0.25) is 0 Å². The Morgan fingerprint density at radius 2 is 1.76 bits per heavy atom. The van der Waals surface area contributed by atoms with Gasteiger partial charge in [-0.15, -0.1) is 6.07 Å². The molecule has 0 saturated carbocycles. The topological polar surface area (TPSA) is 104 Å². The van der Waals surface area contributed by atoms with Crippen LogP contribution in [-0.4, -0.2) is 59.0 Å². The van der Waals surface area contributed by atoms with Crippen LogP contribution in [0.1, 0.15) is 23.1 Å².